The zero-order chi connectivity index (χ0) is 14.2. The van der Waals surface area contributed by atoms with Crippen LogP contribution in [0.3, 0.4) is 0 Å². The normalized spacial score (nSPS) is 12.8. The molecule has 0 aliphatic rings. The molecule has 0 amide bonds. The van der Waals surface area contributed by atoms with Crippen molar-refractivity contribution in [2.75, 3.05) is 6.61 Å². The molecule has 116 valence electrons. The van der Waals surface area contributed by atoms with Gasteiger partial charge in [-0.05, 0) is 18.8 Å². The van der Waals surface area contributed by atoms with Gasteiger partial charge in [0.25, 0.3) is 0 Å². The molecule has 0 aliphatic heterocycles. The molecule has 1 atom stereocenters. The summed E-state index contributed by atoms with van der Waals surface area (Å²) in [4.78, 5) is 0. The van der Waals surface area contributed by atoms with Gasteiger partial charge in [0.15, 0.2) is 0 Å². The van der Waals surface area contributed by atoms with E-state index in [1.807, 2.05) is 0 Å². The first-order chi connectivity index (χ1) is 9.35. The molecule has 0 saturated carbocycles. The number of unbranched alkanes of at least 4 members (excludes halogenated alkanes) is 10. The average Bonchev–Trinajstić information content (AvgIpc) is 2.44. The summed E-state index contributed by atoms with van der Waals surface area (Å²) < 4.78 is 0. The summed E-state index contributed by atoms with van der Waals surface area (Å²) in [6.07, 6.45) is 18.9. The summed E-state index contributed by atoms with van der Waals surface area (Å²) in [5.74, 6) is 0.581. The zero-order valence-corrected chi connectivity index (χ0v) is 13.6. The lowest BCUT2D eigenvalue weighted by Gasteiger charge is -2.13. The molecular formula is C18H38O. The maximum Gasteiger partial charge on any atom is 0.0459 e. The molecule has 0 unspecified atom stereocenters. The molecule has 0 aromatic rings. The van der Waals surface area contributed by atoms with Gasteiger partial charge >= 0.3 is 0 Å². The third kappa shape index (κ3) is 14.2. The Labute approximate surface area is 122 Å². The zero-order valence-electron chi connectivity index (χ0n) is 13.6. The highest BCUT2D eigenvalue weighted by Crippen LogP contribution is 2.18. The summed E-state index contributed by atoms with van der Waals surface area (Å²) >= 11 is 0. The van der Waals surface area contributed by atoms with Crippen LogP contribution in [0.25, 0.3) is 0 Å². The highest BCUT2D eigenvalue weighted by molar-refractivity contribution is 4.59. The molecule has 1 heteroatoms. The fourth-order valence-corrected chi connectivity index (χ4v) is 2.75. The van der Waals surface area contributed by atoms with Crippen LogP contribution in [-0.2, 0) is 0 Å². The van der Waals surface area contributed by atoms with Gasteiger partial charge in [-0.3, -0.25) is 0 Å². The summed E-state index contributed by atoms with van der Waals surface area (Å²) in [7, 11) is 0. The second-order valence-electron chi connectivity index (χ2n) is 6.16. The molecule has 0 bridgehead atoms. The van der Waals surface area contributed by atoms with Gasteiger partial charge in [-0.1, -0.05) is 90.9 Å². The van der Waals surface area contributed by atoms with Gasteiger partial charge in [-0.25, -0.2) is 0 Å². The Bertz CT molecular complexity index is 156. The van der Waals surface area contributed by atoms with Crippen molar-refractivity contribution in [1.29, 1.82) is 0 Å². The first-order valence-corrected chi connectivity index (χ1v) is 8.96. The Kier molecular flexibility index (Phi) is 16.0. The lowest BCUT2D eigenvalue weighted by Crippen LogP contribution is -2.06. The first kappa shape index (κ1) is 19.0. The molecular weight excluding hydrogens is 232 g/mol. The number of rotatable bonds is 15. The predicted molar refractivity (Wildman–Crippen MR) is 86.6 cm³/mol. The van der Waals surface area contributed by atoms with Gasteiger partial charge in [0.05, 0.1) is 0 Å². The van der Waals surface area contributed by atoms with Crippen LogP contribution in [0.15, 0.2) is 0 Å². The van der Waals surface area contributed by atoms with E-state index in [1.54, 1.807) is 0 Å². The molecule has 0 fully saturated rings. The smallest absolute Gasteiger partial charge is 0.0459 e. The van der Waals surface area contributed by atoms with E-state index in [4.69, 9.17) is 0 Å². The minimum Gasteiger partial charge on any atom is -0.396 e. The van der Waals surface area contributed by atoms with Crippen LogP contribution in [-0.4, -0.2) is 11.7 Å². The largest absolute Gasteiger partial charge is 0.396 e. The number of aliphatic hydroxyl groups is 1. The van der Waals surface area contributed by atoms with Gasteiger partial charge in [0.2, 0.25) is 0 Å². The third-order valence-corrected chi connectivity index (χ3v) is 4.19. The molecule has 0 radical (unpaired) electrons. The van der Waals surface area contributed by atoms with E-state index in [0.717, 1.165) is 0 Å². The average molecular weight is 271 g/mol. The standard InChI is InChI=1S/C18H38O/c1-3-5-7-9-10-11-12-14-16-18(17-19)15-13-8-6-4-2/h18-19H,3-17H2,1-2H3/t18-/m0/s1. The van der Waals surface area contributed by atoms with Gasteiger partial charge < -0.3 is 5.11 Å². The topological polar surface area (TPSA) is 20.2 Å². The van der Waals surface area contributed by atoms with E-state index >= 15 is 0 Å². The van der Waals surface area contributed by atoms with Crippen LogP contribution in [0.5, 0.6) is 0 Å². The van der Waals surface area contributed by atoms with Crippen molar-refractivity contribution in [2.45, 2.75) is 104 Å². The van der Waals surface area contributed by atoms with Crippen molar-refractivity contribution < 1.29 is 5.11 Å². The number of aliphatic hydroxyl groups excluding tert-OH is 1. The van der Waals surface area contributed by atoms with E-state index in [1.165, 1.54) is 89.9 Å². The Morgan fingerprint density at radius 1 is 0.579 bits per heavy atom. The van der Waals surface area contributed by atoms with Crippen LogP contribution >= 0.6 is 0 Å². The predicted octanol–water partition coefficient (Wildman–Crippen LogP) is 6.10. The Hall–Kier alpha value is -0.0400. The molecule has 0 aromatic carbocycles. The minimum absolute atomic E-state index is 0.405. The number of hydrogen-bond acceptors (Lipinski definition) is 1. The quantitative estimate of drug-likeness (QED) is 0.357. The Morgan fingerprint density at radius 2 is 0.947 bits per heavy atom. The maximum absolute atomic E-state index is 9.38. The molecule has 0 rings (SSSR count). The maximum atomic E-state index is 9.38. The minimum atomic E-state index is 0.405. The molecule has 19 heavy (non-hydrogen) atoms. The van der Waals surface area contributed by atoms with Gasteiger partial charge in [0.1, 0.15) is 0 Å². The van der Waals surface area contributed by atoms with Crippen molar-refractivity contribution in [3.63, 3.8) is 0 Å². The van der Waals surface area contributed by atoms with Crippen LogP contribution in [0.2, 0.25) is 0 Å². The summed E-state index contributed by atoms with van der Waals surface area (Å²) in [5.41, 5.74) is 0. The molecule has 0 heterocycles. The lowest BCUT2D eigenvalue weighted by molar-refractivity contribution is 0.204. The van der Waals surface area contributed by atoms with Gasteiger partial charge in [0, 0.05) is 6.61 Å². The second kappa shape index (κ2) is 16.0. The van der Waals surface area contributed by atoms with E-state index in [9.17, 15) is 5.11 Å². The first-order valence-electron chi connectivity index (χ1n) is 8.96. The number of hydrogen-bond donors (Lipinski definition) is 1. The SMILES string of the molecule is CCCCCCCCCC[C@@H](CO)CCCCCC. The van der Waals surface area contributed by atoms with Crippen molar-refractivity contribution >= 4 is 0 Å². The molecule has 0 aliphatic carbocycles. The molecule has 1 nitrogen and oxygen atoms in total. The second-order valence-corrected chi connectivity index (χ2v) is 6.16. The van der Waals surface area contributed by atoms with Crippen LogP contribution in [0.1, 0.15) is 104 Å². The van der Waals surface area contributed by atoms with Crippen LogP contribution in [0, 0.1) is 5.92 Å². The van der Waals surface area contributed by atoms with Crippen molar-refractivity contribution in [3.8, 4) is 0 Å². The Balaban J connectivity index is 3.26. The van der Waals surface area contributed by atoms with Gasteiger partial charge in [-0.2, -0.15) is 0 Å². The third-order valence-electron chi connectivity index (χ3n) is 4.19. The molecule has 0 spiro atoms. The van der Waals surface area contributed by atoms with Crippen LogP contribution in [0.4, 0.5) is 0 Å². The fourth-order valence-electron chi connectivity index (χ4n) is 2.75. The summed E-state index contributed by atoms with van der Waals surface area (Å²) in [6, 6.07) is 0. The Morgan fingerprint density at radius 3 is 1.37 bits per heavy atom. The van der Waals surface area contributed by atoms with Gasteiger partial charge in [-0.15, -0.1) is 0 Å². The highest BCUT2D eigenvalue weighted by Gasteiger charge is 2.06. The fraction of sp³-hybridized carbons (Fsp3) is 1.00. The van der Waals surface area contributed by atoms with Crippen molar-refractivity contribution in [2.24, 2.45) is 5.92 Å². The van der Waals surface area contributed by atoms with E-state index in [0.29, 0.717) is 12.5 Å². The summed E-state index contributed by atoms with van der Waals surface area (Å²) in [6.45, 7) is 4.93. The molecule has 0 aromatic heterocycles. The van der Waals surface area contributed by atoms with Crippen molar-refractivity contribution in [1.82, 2.24) is 0 Å². The van der Waals surface area contributed by atoms with E-state index in [-0.39, 0.29) is 0 Å². The molecule has 0 saturated heterocycles. The van der Waals surface area contributed by atoms with Crippen molar-refractivity contribution in [3.05, 3.63) is 0 Å². The lowest BCUT2D eigenvalue weighted by atomic mass is 9.95. The van der Waals surface area contributed by atoms with E-state index < -0.39 is 0 Å². The van der Waals surface area contributed by atoms with Crippen LogP contribution < -0.4 is 0 Å². The summed E-state index contributed by atoms with van der Waals surface area (Å²) in [5, 5.41) is 9.38. The monoisotopic (exact) mass is 270 g/mol. The van der Waals surface area contributed by atoms with E-state index in [2.05, 4.69) is 13.8 Å². The highest BCUT2D eigenvalue weighted by atomic mass is 16.3. The molecule has 1 N–H and O–H groups in total.